The first kappa shape index (κ1) is 16.0. The summed E-state index contributed by atoms with van der Waals surface area (Å²) in [7, 11) is 3.44. The van der Waals surface area contributed by atoms with Gasteiger partial charge in [0.15, 0.2) is 5.82 Å². The Morgan fingerprint density at radius 3 is 2.38 bits per heavy atom. The van der Waals surface area contributed by atoms with Crippen LogP contribution in [-0.4, -0.2) is 26.9 Å². The second-order valence-electron chi connectivity index (χ2n) is 5.94. The SMILES string of the molecule is COc1c(-c2nc(N)c(I)c(C(C)(C)C)n2)c(C)nn1C. The van der Waals surface area contributed by atoms with Gasteiger partial charge in [0.25, 0.3) is 0 Å². The lowest BCUT2D eigenvalue weighted by molar-refractivity contribution is 0.374. The molecule has 114 valence electrons. The van der Waals surface area contributed by atoms with Crippen LogP contribution in [0.25, 0.3) is 11.4 Å². The molecule has 0 amide bonds. The fourth-order valence-electron chi connectivity index (χ4n) is 2.20. The highest BCUT2D eigenvalue weighted by molar-refractivity contribution is 14.1. The predicted octanol–water partition coefficient (Wildman–Crippen LogP) is 2.68. The zero-order chi connectivity index (χ0) is 15.9. The zero-order valence-electron chi connectivity index (χ0n) is 13.2. The summed E-state index contributed by atoms with van der Waals surface area (Å²) in [5.41, 5.74) is 8.49. The molecule has 0 radical (unpaired) electrons. The highest BCUT2D eigenvalue weighted by Gasteiger charge is 2.25. The van der Waals surface area contributed by atoms with Crippen molar-refractivity contribution in [2.24, 2.45) is 7.05 Å². The van der Waals surface area contributed by atoms with Crippen LogP contribution in [0.1, 0.15) is 32.2 Å². The third kappa shape index (κ3) is 2.83. The van der Waals surface area contributed by atoms with Crippen molar-refractivity contribution in [1.29, 1.82) is 0 Å². The van der Waals surface area contributed by atoms with E-state index in [0.717, 1.165) is 20.5 Å². The van der Waals surface area contributed by atoms with E-state index < -0.39 is 0 Å². The third-order valence-corrected chi connectivity index (χ3v) is 4.24. The van der Waals surface area contributed by atoms with Crippen molar-refractivity contribution in [3.63, 3.8) is 0 Å². The zero-order valence-corrected chi connectivity index (χ0v) is 15.3. The number of aromatic nitrogens is 4. The van der Waals surface area contributed by atoms with Gasteiger partial charge in [-0.25, -0.2) is 14.6 Å². The quantitative estimate of drug-likeness (QED) is 0.783. The molecule has 0 aliphatic rings. The minimum absolute atomic E-state index is 0.119. The summed E-state index contributed by atoms with van der Waals surface area (Å²) in [5, 5.41) is 4.37. The van der Waals surface area contributed by atoms with Crippen molar-refractivity contribution in [1.82, 2.24) is 19.7 Å². The maximum atomic E-state index is 6.08. The van der Waals surface area contributed by atoms with Crippen LogP contribution >= 0.6 is 22.6 Å². The number of methoxy groups -OCH3 is 1. The Hall–Kier alpha value is -1.38. The lowest BCUT2D eigenvalue weighted by Crippen LogP contribution is -2.18. The Morgan fingerprint density at radius 2 is 1.86 bits per heavy atom. The van der Waals surface area contributed by atoms with Crippen LogP contribution < -0.4 is 10.5 Å². The summed E-state index contributed by atoms with van der Waals surface area (Å²) >= 11 is 2.20. The Bertz CT molecular complexity index is 688. The highest BCUT2D eigenvalue weighted by Crippen LogP contribution is 2.34. The van der Waals surface area contributed by atoms with E-state index in [2.05, 4.69) is 53.4 Å². The second kappa shape index (κ2) is 5.43. The molecule has 0 fully saturated rings. The Labute approximate surface area is 138 Å². The number of nitrogens with zero attached hydrogens (tertiary/aromatic N) is 4. The van der Waals surface area contributed by atoms with Crippen LogP contribution in [0.15, 0.2) is 0 Å². The second-order valence-corrected chi connectivity index (χ2v) is 7.02. The molecule has 2 N–H and O–H groups in total. The lowest BCUT2D eigenvalue weighted by atomic mass is 9.92. The third-order valence-electron chi connectivity index (χ3n) is 3.17. The van der Waals surface area contributed by atoms with Crippen molar-refractivity contribution in [3.8, 4) is 17.3 Å². The van der Waals surface area contributed by atoms with Crippen LogP contribution in [-0.2, 0) is 12.5 Å². The molecule has 0 aromatic carbocycles. The van der Waals surface area contributed by atoms with Gasteiger partial charge >= 0.3 is 0 Å². The number of rotatable bonds is 2. The standard InChI is InChI=1S/C14H20IN5O/c1-7-8(13(21-6)20(5)19-7)12-17-10(14(2,3)4)9(15)11(16)18-12/h1-6H3,(H2,16,17,18). The van der Waals surface area contributed by atoms with Gasteiger partial charge in [-0.05, 0) is 29.5 Å². The summed E-state index contributed by atoms with van der Waals surface area (Å²) in [6.07, 6.45) is 0. The molecule has 0 atom stereocenters. The summed E-state index contributed by atoms with van der Waals surface area (Å²) in [6, 6.07) is 0. The van der Waals surface area contributed by atoms with E-state index in [4.69, 9.17) is 15.5 Å². The maximum absolute atomic E-state index is 6.08. The first-order chi connectivity index (χ1) is 9.66. The fourth-order valence-corrected chi connectivity index (χ4v) is 3.25. The Balaban J connectivity index is 2.75. The van der Waals surface area contributed by atoms with Crippen molar-refractivity contribution in [3.05, 3.63) is 15.0 Å². The topological polar surface area (TPSA) is 78.8 Å². The molecule has 0 spiro atoms. The van der Waals surface area contributed by atoms with Gasteiger partial charge in [0.1, 0.15) is 11.4 Å². The van der Waals surface area contributed by atoms with E-state index in [0.29, 0.717) is 17.5 Å². The molecule has 0 bridgehead atoms. The molecule has 0 aliphatic carbocycles. The highest BCUT2D eigenvalue weighted by atomic mass is 127. The minimum atomic E-state index is -0.119. The molecular weight excluding hydrogens is 381 g/mol. The van der Waals surface area contributed by atoms with Crippen LogP contribution in [0.2, 0.25) is 0 Å². The van der Waals surface area contributed by atoms with Crippen molar-refractivity contribution >= 4 is 28.4 Å². The van der Waals surface area contributed by atoms with Crippen LogP contribution in [0.5, 0.6) is 5.88 Å². The molecule has 0 aliphatic heterocycles. The Morgan fingerprint density at radius 1 is 1.24 bits per heavy atom. The first-order valence-electron chi connectivity index (χ1n) is 6.58. The van der Waals surface area contributed by atoms with E-state index in [1.165, 1.54) is 0 Å². The van der Waals surface area contributed by atoms with E-state index in [9.17, 15) is 0 Å². The largest absolute Gasteiger partial charge is 0.481 e. The smallest absolute Gasteiger partial charge is 0.222 e. The molecule has 2 heterocycles. The number of hydrogen-bond acceptors (Lipinski definition) is 5. The minimum Gasteiger partial charge on any atom is -0.481 e. The Kier molecular flexibility index (Phi) is 4.14. The number of nitrogens with two attached hydrogens (primary N) is 1. The number of halogens is 1. The summed E-state index contributed by atoms with van der Waals surface area (Å²) in [6.45, 7) is 8.22. The summed E-state index contributed by atoms with van der Waals surface area (Å²) in [5.74, 6) is 1.67. The number of ether oxygens (including phenoxy) is 1. The van der Waals surface area contributed by atoms with Gasteiger partial charge in [-0.15, -0.1) is 0 Å². The van der Waals surface area contributed by atoms with Crippen LogP contribution in [0, 0.1) is 10.5 Å². The normalized spacial score (nSPS) is 11.8. The van der Waals surface area contributed by atoms with Gasteiger partial charge in [0.2, 0.25) is 5.88 Å². The van der Waals surface area contributed by atoms with Gasteiger partial charge in [-0.3, -0.25) is 0 Å². The molecule has 21 heavy (non-hydrogen) atoms. The number of hydrogen-bond donors (Lipinski definition) is 1. The molecule has 7 heteroatoms. The van der Waals surface area contributed by atoms with Crippen LogP contribution in [0.4, 0.5) is 5.82 Å². The van der Waals surface area contributed by atoms with Gasteiger partial charge < -0.3 is 10.5 Å². The van der Waals surface area contributed by atoms with Crippen molar-refractivity contribution in [2.45, 2.75) is 33.1 Å². The summed E-state index contributed by atoms with van der Waals surface area (Å²) in [4.78, 5) is 9.15. The molecule has 6 nitrogen and oxygen atoms in total. The van der Waals surface area contributed by atoms with Crippen molar-refractivity contribution < 1.29 is 4.74 Å². The average Bonchev–Trinajstić information content (AvgIpc) is 2.65. The summed E-state index contributed by atoms with van der Waals surface area (Å²) < 4.78 is 8.00. The van der Waals surface area contributed by atoms with Crippen molar-refractivity contribution in [2.75, 3.05) is 12.8 Å². The number of nitrogen functional groups attached to an aromatic ring is 1. The maximum Gasteiger partial charge on any atom is 0.222 e. The van der Waals surface area contributed by atoms with E-state index in [1.807, 2.05) is 14.0 Å². The monoisotopic (exact) mass is 401 g/mol. The van der Waals surface area contributed by atoms with Crippen LogP contribution in [0.3, 0.4) is 0 Å². The van der Waals surface area contributed by atoms with E-state index in [-0.39, 0.29) is 5.41 Å². The number of anilines is 1. The van der Waals surface area contributed by atoms with Gasteiger partial charge in [0.05, 0.1) is 22.1 Å². The molecule has 2 rings (SSSR count). The van der Waals surface area contributed by atoms with E-state index in [1.54, 1.807) is 11.8 Å². The molecular formula is C14H20IN5O. The lowest BCUT2D eigenvalue weighted by Gasteiger charge is -2.21. The molecule has 0 unspecified atom stereocenters. The molecule has 0 saturated carbocycles. The number of aryl methyl sites for hydroxylation is 2. The molecule has 2 aromatic rings. The fraction of sp³-hybridized carbons (Fsp3) is 0.500. The van der Waals surface area contributed by atoms with Gasteiger partial charge in [0, 0.05) is 12.5 Å². The molecule has 2 aromatic heterocycles. The predicted molar refractivity (Wildman–Crippen MR) is 91.4 cm³/mol. The van der Waals surface area contributed by atoms with E-state index >= 15 is 0 Å². The van der Waals surface area contributed by atoms with Gasteiger partial charge in [-0.2, -0.15) is 5.10 Å². The average molecular weight is 401 g/mol. The molecule has 0 saturated heterocycles. The first-order valence-corrected chi connectivity index (χ1v) is 7.66. The van der Waals surface area contributed by atoms with Gasteiger partial charge in [-0.1, -0.05) is 20.8 Å².